The van der Waals surface area contributed by atoms with Crippen molar-refractivity contribution >= 4 is 77.2 Å². The summed E-state index contributed by atoms with van der Waals surface area (Å²) in [6.45, 7) is 6.11. The fourth-order valence-electron chi connectivity index (χ4n) is 4.53. The van der Waals surface area contributed by atoms with E-state index in [2.05, 4.69) is 46.0 Å². The number of benzene rings is 3. The second-order valence-electron chi connectivity index (χ2n) is 9.79. The molecule has 5 aromatic rings. The van der Waals surface area contributed by atoms with Crippen LogP contribution in [0.3, 0.4) is 0 Å². The predicted molar refractivity (Wildman–Crippen MR) is 167 cm³/mol. The van der Waals surface area contributed by atoms with E-state index in [1.165, 1.54) is 30.0 Å². The molecular formula is C29H25N9O2S2. The largest absolute Gasteiger partial charge is 0.363 e. The lowest BCUT2D eigenvalue weighted by Gasteiger charge is -2.13. The van der Waals surface area contributed by atoms with Gasteiger partial charge in [0.05, 0.1) is 38.2 Å². The van der Waals surface area contributed by atoms with Crippen LogP contribution in [-0.2, 0) is 0 Å². The van der Waals surface area contributed by atoms with E-state index in [0.29, 0.717) is 27.3 Å². The lowest BCUT2D eigenvalue weighted by Crippen LogP contribution is -2.15. The summed E-state index contributed by atoms with van der Waals surface area (Å²) in [6, 6.07) is 19.9. The van der Waals surface area contributed by atoms with E-state index in [1.54, 1.807) is 17.4 Å². The molecule has 1 aliphatic heterocycles. The van der Waals surface area contributed by atoms with Crippen LogP contribution in [0.1, 0.15) is 24.0 Å². The van der Waals surface area contributed by atoms with E-state index in [4.69, 9.17) is 0 Å². The Hall–Kier alpha value is -4.75. The molecule has 0 saturated carbocycles. The molecule has 13 heteroatoms. The molecule has 1 aliphatic rings. The van der Waals surface area contributed by atoms with Gasteiger partial charge in [-0.25, -0.2) is 0 Å². The molecule has 0 unspecified atom stereocenters. The number of anilines is 1. The van der Waals surface area contributed by atoms with Crippen molar-refractivity contribution in [2.45, 2.75) is 26.7 Å². The Labute approximate surface area is 249 Å². The average Bonchev–Trinajstić information content (AvgIpc) is 3.76. The van der Waals surface area contributed by atoms with Crippen molar-refractivity contribution in [3.05, 3.63) is 88.0 Å². The van der Waals surface area contributed by atoms with Crippen molar-refractivity contribution in [2.75, 3.05) is 18.0 Å². The summed E-state index contributed by atoms with van der Waals surface area (Å²) in [4.78, 5) is 13.1. The third kappa shape index (κ3) is 6.11. The van der Waals surface area contributed by atoms with Crippen molar-refractivity contribution in [3.63, 3.8) is 0 Å². The average molecular weight is 596 g/mol. The van der Waals surface area contributed by atoms with E-state index in [0.717, 1.165) is 52.1 Å². The number of hydrogen-bond donors (Lipinski definition) is 0. The van der Waals surface area contributed by atoms with Crippen LogP contribution >= 0.6 is 22.9 Å². The number of rotatable bonds is 8. The van der Waals surface area contributed by atoms with Crippen molar-refractivity contribution in [1.29, 1.82) is 0 Å². The van der Waals surface area contributed by atoms with Gasteiger partial charge in [-0.05, 0) is 104 Å². The van der Waals surface area contributed by atoms with Gasteiger partial charge in [0.1, 0.15) is 5.00 Å². The maximum Gasteiger partial charge on any atom is 0.270 e. The first-order chi connectivity index (χ1) is 20.4. The molecule has 0 radical (unpaired) electrons. The molecule has 0 aliphatic carbocycles. The number of nitro benzene ring substituents is 1. The SMILES string of the molecule is Cc1cc(/N=N/c2ccc(N3CCCC3)s2)ccc1/N=N/c1ccc(/N=N/c2snc3ccc([N+](=O)[O-])cc23)c(C)c1. The van der Waals surface area contributed by atoms with Crippen molar-refractivity contribution in [1.82, 2.24) is 4.37 Å². The van der Waals surface area contributed by atoms with Gasteiger partial charge in [0, 0.05) is 30.6 Å². The second-order valence-corrected chi connectivity index (χ2v) is 11.6. The molecule has 1 fully saturated rings. The molecule has 0 amide bonds. The highest BCUT2D eigenvalue weighted by Crippen LogP contribution is 2.37. The number of non-ortho nitro benzene ring substituents is 1. The zero-order valence-corrected chi connectivity index (χ0v) is 24.5. The third-order valence-electron chi connectivity index (χ3n) is 6.79. The van der Waals surface area contributed by atoms with Gasteiger partial charge in [-0.3, -0.25) is 10.1 Å². The van der Waals surface area contributed by atoms with Crippen LogP contribution in [0.2, 0.25) is 0 Å². The number of nitro groups is 1. The first kappa shape index (κ1) is 27.4. The molecular weight excluding hydrogens is 571 g/mol. The van der Waals surface area contributed by atoms with Crippen LogP contribution in [0, 0.1) is 24.0 Å². The summed E-state index contributed by atoms with van der Waals surface area (Å²) >= 11 is 2.81. The number of aryl methyl sites for hydroxylation is 2. The highest BCUT2D eigenvalue weighted by molar-refractivity contribution is 7.19. The highest BCUT2D eigenvalue weighted by atomic mass is 32.1. The molecule has 3 heterocycles. The molecule has 6 rings (SSSR count). The maximum atomic E-state index is 11.1. The summed E-state index contributed by atoms with van der Waals surface area (Å²) in [5, 5.41) is 40.7. The fraction of sp³-hybridized carbons (Fsp3) is 0.207. The Morgan fingerprint density at radius 1 is 0.786 bits per heavy atom. The Kier molecular flexibility index (Phi) is 7.84. The van der Waals surface area contributed by atoms with Gasteiger partial charge in [-0.15, -0.1) is 20.5 Å². The molecule has 3 aromatic carbocycles. The molecule has 0 atom stereocenters. The molecule has 0 spiro atoms. The summed E-state index contributed by atoms with van der Waals surface area (Å²) < 4.78 is 4.30. The van der Waals surface area contributed by atoms with Crippen LogP contribution in [-0.4, -0.2) is 22.4 Å². The van der Waals surface area contributed by atoms with Crippen LogP contribution < -0.4 is 4.90 Å². The van der Waals surface area contributed by atoms with Crippen molar-refractivity contribution in [3.8, 4) is 0 Å². The highest BCUT2D eigenvalue weighted by Gasteiger charge is 2.14. The van der Waals surface area contributed by atoms with Crippen LogP contribution in [0.15, 0.2) is 97.4 Å². The normalized spacial score (nSPS) is 13.9. The Morgan fingerprint density at radius 3 is 2.12 bits per heavy atom. The molecule has 0 N–H and O–H groups in total. The molecule has 2 aromatic heterocycles. The van der Waals surface area contributed by atoms with Gasteiger partial charge in [-0.1, -0.05) is 11.3 Å². The van der Waals surface area contributed by atoms with Gasteiger partial charge in [0.25, 0.3) is 5.69 Å². The second kappa shape index (κ2) is 12.0. The summed E-state index contributed by atoms with van der Waals surface area (Å²) in [5.74, 6) is 0. The number of azo groups is 3. The van der Waals surface area contributed by atoms with Gasteiger partial charge in [0.2, 0.25) is 0 Å². The number of nitrogens with zero attached hydrogens (tertiary/aromatic N) is 9. The molecule has 0 bridgehead atoms. The van der Waals surface area contributed by atoms with Crippen molar-refractivity contribution < 1.29 is 4.92 Å². The molecule has 1 saturated heterocycles. The quantitative estimate of drug-likeness (QED) is 0.100. The summed E-state index contributed by atoms with van der Waals surface area (Å²) in [7, 11) is 0. The lowest BCUT2D eigenvalue weighted by atomic mass is 10.2. The van der Waals surface area contributed by atoms with E-state index < -0.39 is 4.92 Å². The molecule has 42 heavy (non-hydrogen) atoms. The third-order valence-corrected chi connectivity index (χ3v) is 8.59. The van der Waals surface area contributed by atoms with Crippen LogP contribution in [0.4, 0.5) is 43.4 Å². The minimum Gasteiger partial charge on any atom is -0.363 e. The zero-order valence-electron chi connectivity index (χ0n) is 22.8. The lowest BCUT2D eigenvalue weighted by molar-refractivity contribution is -0.384. The fourth-order valence-corrected chi connectivity index (χ4v) is 6.09. The van der Waals surface area contributed by atoms with E-state index in [9.17, 15) is 10.1 Å². The maximum absolute atomic E-state index is 11.1. The number of fused-ring (bicyclic) bond motifs is 1. The van der Waals surface area contributed by atoms with Gasteiger partial charge >= 0.3 is 0 Å². The van der Waals surface area contributed by atoms with Crippen molar-refractivity contribution in [2.24, 2.45) is 30.7 Å². The van der Waals surface area contributed by atoms with Crippen LogP contribution in [0.5, 0.6) is 0 Å². The van der Waals surface area contributed by atoms with E-state index >= 15 is 0 Å². The topological polar surface area (TPSA) is 133 Å². The standard InChI is InChI=1S/C29H25N9O2S2/c1-18-16-21(31-34-27-11-12-28(41-27)37-13-3-4-14-37)6-8-24(18)32-30-20-5-9-25(19(2)15-20)33-35-29-23-17-22(38(39)40)7-10-26(23)36-42-29/h5-12,15-17H,3-4,13-14H2,1-2H3/b32-30+,34-31+,35-33+. The molecule has 11 nitrogen and oxygen atoms in total. The summed E-state index contributed by atoms with van der Waals surface area (Å²) in [5.41, 5.74) is 5.29. The van der Waals surface area contributed by atoms with Gasteiger partial charge in [-0.2, -0.15) is 14.6 Å². The Morgan fingerprint density at radius 2 is 1.45 bits per heavy atom. The number of thiophene rings is 1. The minimum atomic E-state index is -0.438. The summed E-state index contributed by atoms with van der Waals surface area (Å²) in [6.07, 6.45) is 2.50. The first-order valence-corrected chi connectivity index (χ1v) is 14.9. The smallest absolute Gasteiger partial charge is 0.270 e. The Bertz CT molecular complexity index is 1870. The van der Waals surface area contributed by atoms with E-state index in [-0.39, 0.29) is 5.69 Å². The van der Waals surface area contributed by atoms with E-state index in [1.807, 2.05) is 56.3 Å². The monoisotopic (exact) mass is 595 g/mol. The van der Waals surface area contributed by atoms with Crippen LogP contribution in [0.25, 0.3) is 10.9 Å². The zero-order chi connectivity index (χ0) is 29.1. The van der Waals surface area contributed by atoms with Gasteiger partial charge in [0.15, 0.2) is 5.00 Å². The van der Waals surface area contributed by atoms with Gasteiger partial charge < -0.3 is 4.90 Å². The minimum absolute atomic E-state index is 0.0101. The number of aromatic nitrogens is 1. The predicted octanol–water partition coefficient (Wildman–Crippen LogP) is 10.7. The first-order valence-electron chi connectivity index (χ1n) is 13.3. The Balaban J connectivity index is 1.12. The number of hydrogen-bond acceptors (Lipinski definition) is 12. The molecule has 210 valence electrons.